The van der Waals surface area contributed by atoms with E-state index in [1.54, 1.807) is 0 Å². The molecule has 0 heterocycles. The number of rotatable bonds is 5. The van der Waals surface area contributed by atoms with E-state index in [1.165, 1.54) is 0 Å². The van der Waals surface area contributed by atoms with Gasteiger partial charge in [-0.25, -0.2) is 4.79 Å². The minimum atomic E-state index is -0.968. The lowest BCUT2D eigenvalue weighted by Gasteiger charge is -2.03. The number of aliphatic carboxylic acids is 1. The van der Waals surface area contributed by atoms with E-state index in [2.05, 4.69) is 16.5 Å². The molecule has 0 unspecified atom stereocenters. The van der Waals surface area contributed by atoms with Gasteiger partial charge in [-0.15, -0.1) is 0 Å². The van der Waals surface area contributed by atoms with Gasteiger partial charge in [0.2, 0.25) is 0 Å². The summed E-state index contributed by atoms with van der Waals surface area (Å²) in [4.78, 5) is 22.8. The summed E-state index contributed by atoms with van der Waals surface area (Å²) >= 11 is 0. The van der Waals surface area contributed by atoms with Gasteiger partial charge in [-0.1, -0.05) is 6.42 Å². The van der Waals surface area contributed by atoms with Gasteiger partial charge >= 0.3 is 12.1 Å². The van der Waals surface area contributed by atoms with Crippen LogP contribution in [0.15, 0.2) is 0 Å². The molecule has 0 fully saturated rings. The third-order valence-electron chi connectivity index (χ3n) is 1.40. The molecule has 0 rings (SSSR count). The van der Waals surface area contributed by atoms with Crippen molar-refractivity contribution in [2.45, 2.75) is 25.3 Å². The van der Waals surface area contributed by atoms with Gasteiger partial charge in [0.15, 0.2) is 0 Å². The van der Waals surface area contributed by atoms with Crippen LogP contribution in [0.1, 0.15) is 19.3 Å². The largest absolute Gasteiger partial charge is 0.480 e. The summed E-state index contributed by atoms with van der Waals surface area (Å²) < 4.78 is 0. The predicted octanol–water partition coefficient (Wildman–Crippen LogP) is -1.52. The van der Waals surface area contributed by atoms with Crippen molar-refractivity contribution in [3.8, 4) is 0 Å². The first-order valence-electron chi connectivity index (χ1n) is 4.30. The molecule has 1 amide bonds. The molecule has 0 aliphatic carbocycles. The Morgan fingerprint density at radius 3 is 2.07 bits per heavy atom. The maximum Gasteiger partial charge on any atom is 0.423 e. The zero-order valence-corrected chi connectivity index (χ0v) is 8.39. The molecule has 9 N–H and O–H groups in total. The Balaban J connectivity index is 0. The van der Waals surface area contributed by atoms with E-state index in [0.717, 1.165) is 12.8 Å². The lowest BCUT2D eigenvalue weighted by molar-refractivity contribution is -0.138. The Morgan fingerprint density at radius 2 is 1.80 bits per heavy atom. The SMILES string of the molecule is NCCCC[C@H](N)C(=O)O.NOC(N)=O. The Hall–Kier alpha value is -1.38. The number of amides is 1. The number of primary amides is 1. The van der Waals surface area contributed by atoms with Crippen molar-refractivity contribution in [2.24, 2.45) is 23.1 Å². The van der Waals surface area contributed by atoms with Crippen LogP contribution in [0, 0.1) is 0 Å². The molecule has 0 spiro atoms. The van der Waals surface area contributed by atoms with Crippen LogP contribution in [0.25, 0.3) is 0 Å². The summed E-state index contributed by atoms with van der Waals surface area (Å²) in [6.45, 7) is 0.604. The molecule has 0 bridgehead atoms. The Kier molecular flexibility index (Phi) is 11.5. The van der Waals surface area contributed by atoms with Crippen LogP contribution in [-0.4, -0.2) is 29.8 Å². The van der Waals surface area contributed by atoms with Crippen molar-refractivity contribution in [2.75, 3.05) is 6.54 Å². The molecule has 0 aliphatic rings. The molecule has 1 atom stereocenters. The van der Waals surface area contributed by atoms with Crippen LogP contribution in [0.5, 0.6) is 0 Å². The molecule has 0 aromatic carbocycles. The topological polar surface area (TPSA) is 168 Å². The molecule has 0 radical (unpaired) electrons. The number of carboxylic acids is 1. The number of hydrogen-bond donors (Lipinski definition) is 5. The Bertz CT molecular complexity index is 188. The highest BCUT2D eigenvalue weighted by molar-refractivity contribution is 5.72. The minimum absolute atomic E-state index is 0.520. The van der Waals surface area contributed by atoms with Crippen molar-refractivity contribution in [1.82, 2.24) is 0 Å². The highest BCUT2D eigenvalue weighted by Gasteiger charge is 2.09. The van der Waals surface area contributed by atoms with Gasteiger partial charge < -0.3 is 27.1 Å². The van der Waals surface area contributed by atoms with Gasteiger partial charge in [-0.3, -0.25) is 4.79 Å². The molecule has 0 aromatic heterocycles. The number of nitrogens with two attached hydrogens (primary N) is 4. The molecule has 8 nitrogen and oxygen atoms in total. The maximum atomic E-state index is 10.1. The first-order chi connectivity index (χ1) is 6.95. The molecule has 0 aromatic rings. The van der Waals surface area contributed by atoms with E-state index in [4.69, 9.17) is 16.6 Å². The summed E-state index contributed by atoms with van der Waals surface area (Å²) in [5.74, 6) is 3.26. The third kappa shape index (κ3) is 15.4. The molecular weight excluding hydrogens is 204 g/mol. The normalized spacial score (nSPS) is 10.9. The van der Waals surface area contributed by atoms with Crippen molar-refractivity contribution in [3.63, 3.8) is 0 Å². The molecular formula is C7H18N4O4. The van der Waals surface area contributed by atoms with E-state index < -0.39 is 18.1 Å². The van der Waals surface area contributed by atoms with Gasteiger partial charge in [0.05, 0.1) is 0 Å². The van der Waals surface area contributed by atoms with Crippen molar-refractivity contribution in [3.05, 3.63) is 0 Å². The monoisotopic (exact) mass is 222 g/mol. The van der Waals surface area contributed by atoms with E-state index in [-0.39, 0.29) is 0 Å². The van der Waals surface area contributed by atoms with Crippen LogP contribution >= 0.6 is 0 Å². The standard InChI is InChI=1S/C6H14N2O2.CH4N2O2/c7-4-2-1-3-5(8)6(9)10;2-1(4)5-3/h5H,1-4,7-8H2,(H,9,10);3H2,(H2,2,4)/t5-;/m0./s1. The van der Waals surface area contributed by atoms with Crippen LogP contribution < -0.4 is 23.1 Å². The van der Waals surface area contributed by atoms with Gasteiger partial charge in [0, 0.05) is 0 Å². The number of carbonyl (C=O) groups excluding carboxylic acids is 1. The molecule has 15 heavy (non-hydrogen) atoms. The minimum Gasteiger partial charge on any atom is -0.480 e. The molecule has 90 valence electrons. The Morgan fingerprint density at radius 1 is 1.33 bits per heavy atom. The smallest absolute Gasteiger partial charge is 0.423 e. The second kappa shape index (κ2) is 10.7. The molecule has 0 saturated heterocycles. The Labute approximate surface area is 87.5 Å². The van der Waals surface area contributed by atoms with Crippen molar-refractivity contribution < 1.29 is 19.5 Å². The average Bonchev–Trinajstić information content (AvgIpc) is 2.18. The molecule has 8 heteroatoms. The highest BCUT2D eigenvalue weighted by atomic mass is 16.7. The molecule has 0 aliphatic heterocycles. The highest BCUT2D eigenvalue weighted by Crippen LogP contribution is 1.96. The lowest BCUT2D eigenvalue weighted by atomic mass is 10.1. The summed E-state index contributed by atoms with van der Waals surface area (Å²) in [7, 11) is 0. The van der Waals surface area contributed by atoms with Gasteiger partial charge in [0.25, 0.3) is 0 Å². The third-order valence-corrected chi connectivity index (χ3v) is 1.40. The van der Waals surface area contributed by atoms with Crippen LogP contribution in [0.2, 0.25) is 0 Å². The van der Waals surface area contributed by atoms with Crippen molar-refractivity contribution >= 4 is 12.1 Å². The second-order valence-electron chi connectivity index (χ2n) is 2.67. The summed E-state index contributed by atoms with van der Waals surface area (Å²) in [6.07, 6.45) is 1.20. The number of unbranched alkanes of at least 4 members (excludes halogenated alkanes) is 1. The van der Waals surface area contributed by atoms with E-state index in [9.17, 15) is 9.59 Å². The average molecular weight is 222 g/mol. The fourth-order valence-electron chi connectivity index (χ4n) is 0.632. The van der Waals surface area contributed by atoms with Gasteiger partial charge in [-0.2, -0.15) is 5.90 Å². The van der Waals surface area contributed by atoms with E-state index >= 15 is 0 Å². The van der Waals surface area contributed by atoms with Crippen molar-refractivity contribution in [1.29, 1.82) is 0 Å². The van der Waals surface area contributed by atoms with E-state index in [1.807, 2.05) is 0 Å². The maximum absolute atomic E-state index is 10.1. The first kappa shape index (κ1) is 16.1. The fourth-order valence-corrected chi connectivity index (χ4v) is 0.632. The van der Waals surface area contributed by atoms with Gasteiger partial charge in [0.1, 0.15) is 6.04 Å². The molecule has 0 saturated carbocycles. The fraction of sp³-hybridized carbons (Fsp3) is 0.714. The van der Waals surface area contributed by atoms with Gasteiger partial charge in [-0.05, 0) is 19.4 Å². The van der Waals surface area contributed by atoms with E-state index in [0.29, 0.717) is 13.0 Å². The second-order valence-corrected chi connectivity index (χ2v) is 2.67. The lowest BCUT2D eigenvalue weighted by Crippen LogP contribution is -2.29. The summed E-state index contributed by atoms with van der Waals surface area (Å²) in [6, 6.07) is -0.716. The summed E-state index contributed by atoms with van der Waals surface area (Å²) in [5, 5.41) is 8.33. The quantitative estimate of drug-likeness (QED) is 0.278. The zero-order valence-electron chi connectivity index (χ0n) is 8.39. The number of hydrogen-bond acceptors (Lipinski definition) is 6. The predicted molar refractivity (Wildman–Crippen MR) is 53.4 cm³/mol. The van der Waals surface area contributed by atoms with Crippen LogP contribution in [0.4, 0.5) is 4.79 Å². The van der Waals surface area contributed by atoms with Crippen LogP contribution in [0.3, 0.4) is 0 Å². The van der Waals surface area contributed by atoms with Crippen LogP contribution in [-0.2, 0) is 9.63 Å². The first-order valence-corrected chi connectivity index (χ1v) is 4.30. The number of carboxylic acid groups (broad SMARTS) is 1. The zero-order chi connectivity index (χ0) is 12.3. The number of carbonyl (C=O) groups is 2. The summed E-state index contributed by atoms with van der Waals surface area (Å²) in [5.41, 5.74) is 14.7.